The van der Waals surface area contributed by atoms with Gasteiger partial charge in [0.15, 0.2) is 11.3 Å². The van der Waals surface area contributed by atoms with Gasteiger partial charge in [0.2, 0.25) is 0 Å². The molecule has 0 unspecified atom stereocenters. The second-order valence-corrected chi connectivity index (χ2v) is 7.03. The number of rotatable bonds is 3. The Hall–Kier alpha value is -2.98. The highest BCUT2D eigenvalue weighted by atomic mass is 19.4. The summed E-state index contributed by atoms with van der Waals surface area (Å²) >= 11 is 0. The van der Waals surface area contributed by atoms with Crippen molar-refractivity contribution >= 4 is 11.6 Å². The quantitative estimate of drug-likeness (QED) is 0.660. The predicted octanol–water partition coefficient (Wildman–Crippen LogP) is 3.37. The zero-order valence-electron chi connectivity index (χ0n) is 15.9. The standard InChI is InChI=1S/C18H19F3N6O2/c1-3-11-8-14(18(19,20)21)27-15(22-11)9-12(23-27)13-6-4-5-7-26(13)17(28)16-10(2)24-29-25-16/h8-9,13H,3-7H2,1-2H3/t13-/m1/s1. The molecule has 3 aromatic rings. The van der Waals surface area contributed by atoms with E-state index in [4.69, 9.17) is 0 Å². The largest absolute Gasteiger partial charge is 0.433 e. The van der Waals surface area contributed by atoms with Crippen LogP contribution in [0.4, 0.5) is 13.2 Å². The Balaban J connectivity index is 1.78. The topological polar surface area (TPSA) is 89.4 Å². The van der Waals surface area contributed by atoms with Crippen molar-refractivity contribution in [3.63, 3.8) is 0 Å². The smallest absolute Gasteiger partial charge is 0.328 e. The maximum Gasteiger partial charge on any atom is 0.433 e. The van der Waals surface area contributed by atoms with Crippen LogP contribution in [0.2, 0.25) is 0 Å². The van der Waals surface area contributed by atoms with E-state index in [1.54, 1.807) is 18.7 Å². The fourth-order valence-corrected chi connectivity index (χ4v) is 3.63. The zero-order valence-corrected chi connectivity index (χ0v) is 15.9. The summed E-state index contributed by atoms with van der Waals surface area (Å²) in [6.07, 6.45) is -2.00. The normalized spacial score (nSPS) is 17.8. The molecule has 1 aliphatic rings. The van der Waals surface area contributed by atoms with Crippen molar-refractivity contribution in [3.8, 4) is 0 Å². The van der Waals surface area contributed by atoms with E-state index in [1.165, 1.54) is 6.07 Å². The van der Waals surface area contributed by atoms with Gasteiger partial charge in [0.05, 0.1) is 11.7 Å². The third-order valence-corrected chi connectivity index (χ3v) is 5.11. The summed E-state index contributed by atoms with van der Waals surface area (Å²) in [5.74, 6) is -0.372. The lowest BCUT2D eigenvalue weighted by Crippen LogP contribution is -2.39. The van der Waals surface area contributed by atoms with E-state index in [9.17, 15) is 18.0 Å². The summed E-state index contributed by atoms with van der Waals surface area (Å²) in [4.78, 5) is 18.8. The molecule has 1 amide bonds. The third-order valence-electron chi connectivity index (χ3n) is 5.11. The first-order valence-corrected chi connectivity index (χ1v) is 9.36. The van der Waals surface area contributed by atoms with Gasteiger partial charge < -0.3 is 4.90 Å². The van der Waals surface area contributed by atoms with Crippen LogP contribution in [0.5, 0.6) is 0 Å². The number of hydrogen-bond acceptors (Lipinski definition) is 6. The molecule has 3 aromatic heterocycles. The van der Waals surface area contributed by atoms with Crippen molar-refractivity contribution in [2.24, 2.45) is 0 Å². The number of nitrogens with zero attached hydrogens (tertiary/aromatic N) is 6. The molecule has 0 N–H and O–H groups in total. The summed E-state index contributed by atoms with van der Waals surface area (Å²) < 4.78 is 46.1. The molecule has 29 heavy (non-hydrogen) atoms. The lowest BCUT2D eigenvalue weighted by molar-refractivity contribution is -0.142. The SMILES string of the molecule is CCc1cc(C(F)(F)F)n2nc([C@H]3CCCCN3C(=O)c3nonc3C)cc2n1. The highest BCUT2D eigenvalue weighted by molar-refractivity contribution is 5.93. The molecule has 8 nitrogen and oxygen atoms in total. The Morgan fingerprint density at radius 2 is 2.07 bits per heavy atom. The van der Waals surface area contributed by atoms with Gasteiger partial charge in [-0.2, -0.15) is 18.3 Å². The summed E-state index contributed by atoms with van der Waals surface area (Å²) in [5, 5.41) is 11.5. The minimum Gasteiger partial charge on any atom is -0.328 e. The van der Waals surface area contributed by atoms with Gasteiger partial charge in [-0.25, -0.2) is 14.1 Å². The molecule has 1 saturated heterocycles. The number of halogens is 3. The first-order valence-electron chi connectivity index (χ1n) is 9.36. The molecule has 1 aliphatic heterocycles. The second kappa shape index (κ2) is 7.12. The number of aryl methyl sites for hydroxylation is 2. The molecule has 0 bridgehead atoms. The Labute approximate surface area is 163 Å². The van der Waals surface area contributed by atoms with Gasteiger partial charge in [-0.1, -0.05) is 12.1 Å². The Morgan fingerprint density at radius 1 is 1.28 bits per heavy atom. The highest BCUT2D eigenvalue weighted by Gasteiger charge is 2.37. The van der Waals surface area contributed by atoms with E-state index in [-0.39, 0.29) is 17.2 Å². The number of likely N-dealkylation sites (tertiary alicyclic amines) is 1. The number of piperidine rings is 1. The van der Waals surface area contributed by atoms with Gasteiger partial charge in [-0.15, -0.1) is 0 Å². The minimum absolute atomic E-state index is 0.100. The van der Waals surface area contributed by atoms with Crippen LogP contribution in [0, 0.1) is 6.92 Å². The van der Waals surface area contributed by atoms with Crippen molar-refractivity contribution in [2.45, 2.75) is 51.7 Å². The number of carbonyl (C=O) groups is 1. The van der Waals surface area contributed by atoms with E-state index in [2.05, 4.69) is 25.0 Å². The van der Waals surface area contributed by atoms with Crippen molar-refractivity contribution in [1.29, 1.82) is 0 Å². The lowest BCUT2D eigenvalue weighted by atomic mass is 9.99. The summed E-state index contributed by atoms with van der Waals surface area (Å²) in [6, 6.07) is 2.07. The summed E-state index contributed by atoms with van der Waals surface area (Å²) in [7, 11) is 0. The van der Waals surface area contributed by atoms with E-state index in [1.807, 2.05) is 0 Å². The van der Waals surface area contributed by atoms with E-state index in [0.29, 0.717) is 36.5 Å². The molecule has 0 spiro atoms. The molecular weight excluding hydrogens is 389 g/mol. The fourth-order valence-electron chi connectivity index (χ4n) is 3.63. The number of hydrogen-bond donors (Lipinski definition) is 0. The molecule has 154 valence electrons. The maximum absolute atomic E-state index is 13.5. The molecule has 0 aromatic carbocycles. The van der Waals surface area contributed by atoms with E-state index >= 15 is 0 Å². The molecule has 1 atom stereocenters. The van der Waals surface area contributed by atoms with Gasteiger partial charge in [-0.05, 0) is 43.8 Å². The maximum atomic E-state index is 13.5. The number of fused-ring (bicyclic) bond motifs is 1. The highest BCUT2D eigenvalue weighted by Crippen LogP contribution is 2.34. The first kappa shape index (κ1) is 19.3. The van der Waals surface area contributed by atoms with Crippen molar-refractivity contribution in [3.05, 3.63) is 40.6 Å². The molecule has 4 rings (SSSR count). The molecule has 4 heterocycles. The van der Waals surface area contributed by atoms with Gasteiger partial charge in [0.25, 0.3) is 5.91 Å². The minimum atomic E-state index is -4.57. The van der Waals surface area contributed by atoms with Gasteiger partial charge in [0, 0.05) is 18.3 Å². The zero-order chi connectivity index (χ0) is 20.8. The number of carbonyl (C=O) groups excluding carboxylic acids is 1. The van der Waals surface area contributed by atoms with E-state index < -0.39 is 17.9 Å². The predicted molar refractivity (Wildman–Crippen MR) is 94.0 cm³/mol. The van der Waals surface area contributed by atoms with Gasteiger partial charge in [-0.3, -0.25) is 4.79 Å². The molecule has 11 heteroatoms. The first-order chi connectivity index (χ1) is 13.8. The van der Waals surface area contributed by atoms with Crippen LogP contribution in [-0.4, -0.2) is 42.3 Å². The Bertz CT molecular complexity index is 1060. The molecule has 0 radical (unpaired) electrons. The number of alkyl halides is 3. The molecular formula is C18H19F3N6O2. The summed E-state index contributed by atoms with van der Waals surface area (Å²) in [6.45, 7) is 3.80. The fraction of sp³-hybridized carbons (Fsp3) is 0.500. The van der Waals surface area contributed by atoms with Crippen LogP contribution in [-0.2, 0) is 12.6 Å². The van der Waals surface area contributed by atoms with Crippen LogP contribution < -0.4 is 0 Å². The van der Waals surface area contributed by atoms with Crippen molar-refractivity contribution < 1.29 is 22.6 Å². The lowest BCUT2D eigenvalue weighted by Gasteiger charge is -2.34. The molecule has 0 aliphatic carbocycles. The number of aromatic nitrogens is 5. The van der Waals surface area contributed by atoms with Crippen LogP contribution in [0.1, 0.15) is 65.5 Å². The van der Waals surface area contributed by atoms with Crippen LogP contribution in [0.25, 0.3) is 5.65 Å². The monoisotopic (exact) mass is 408 g/mol. The number of amides is 1. The summed E-state index contributed by atoms with van der Waals surface area (Å²) in [5.41, 5.74) is 0.404. The average molecular weight is 408 g/mol. The van der Waals surface area contributed by atoms with Crippen molar-refractivity contribution in [2.75, 3.05) is 6.54 Å². The average Bonchev–Trinajstić information content (AvgIpc) is 3.31. The Morgan fingerprint density at radius 3 is 2.72 bits per heavy atom. The van der Waals surface area contributed by atoms with Crippen LogP contribution in [0.3, 0.4) is 0 Å². The van der Waals surface area contributed by atoms with Crippen LogP contribution >= 0.6 is 0 Å². The van der Waals surface area contributed by atoms with Crippen LogP contribution in [0.15, 0.2) is 16.8 Å². The van der Waals surface area contributed by atoms with Gasteiger partial charge in [0.1, 0.15) is 11.4 Å². The van der Waals surface area contributed by atoms with Gasteiger partial charge >= 0.3 is 6.18 Å². The van der Waals surface area contributed by atoms with Crippen molar-refractivity contribution in [1.82, 2.24) is 29.8 Å². The third kappa shape index (κ3) is 3.45. The van der Waals surface area contributed by atoms with E-state index in [0.717, 1.165) is 23.4 Å². The second-order valence-electron chi connectivity index (χ2n) is 7.03. The molecule has 1 fully saturated rings. The Kier molecular flexibility index (Phi) is 4.75. The molecule has 0 saturated carbocycles.